The van der Waals surface area contributed by atoms with E-state index in [1.54, 1.807) is 11.3 Å². The van der Waals surface area contributed by atoms with Gasteiger partial charge in [0.1, 0.15) is 23.0 Å². The van der Waals surface area contributed by atoms with Crippen LogP contribution in [0.2, 0.25) is 0 Å². The number of nitrogens with zero attached hydrogens (tertiary/aromatic N) is 3. The van der Waals surface area contributed by atoms with E-state index in [0.29, 0.717) is 17.5 Å². The Labute approximate surface area is 368 Å². The first-order chi connectivity index (χ1) is 31.0. The molecule has 5 nitrogen and oxygen atoms in total. The van der Waals surface area contributed by atoms with Crippen LogP contribution >= 0.6 is 11.3 Å². The van der Waals surface area contributed by atoms with Crippen LogP contribution in [0.25, 0.3) is 92.7 Å². The van der Waals surface area contributed by atoms with Crippen molar-refractivity contribution in [2.45, 2.75) is 25.9 Å². The molecule has 6 heteroatoms. The highest BCUT2D eigenvalue weighted by Crippen LogP contribution is 2.49. The fourth-order valence-electron chi connectivity index (χ4n) is 9.13. The molecule has 300 valence electrons. The number of ether oxygens (including phenoxy) is 1. The standard InChI is InChI=1S/C57H39N3O2S/c1-34(36-12-4-3-5-13-36)22-23-35(2)37-14-10-15-40(30-37)55-58-56(41-26-29-53-47(31-41)44-17-7-9-21-52(44)63-53)60-57(59-55)46-18-11-20-49-54(46)45-28-25-39(33-51(45)62-49)38-24-27-43-42-16-6-8-19-48(42)61-50(43)32-38/h3-33,49,54H,1-2H3/b34-22+,35-23+. The van der Waals surface area contributed by atoms with Crippen molar-refractivity contribution in [1.29, 1.82) is 0 Å². The number of para-hydroxylation sites is 1. The fourth-order valence-corrected chi connectivity index (χ4v) is 10.2. The van der Waals surface area contributed by atoms with Gasteiger partial charge in [-0.2, -0.15) is 0 Å². The molecule has 0 bridgehead atoms. The molecule has 2 atom stereocenters. The highest BCUT2D eigenvalue weighted by atomic mass is 32.1. The second-order valence-corrected chi connectivity index (χ2v) is 17.5. The highest BCUT2D eigenvalue weighted by molar-refractivity contribution is 7.25. The molecular formula is C57H39N3O2S. The third-order valence-electron chi connectivity index (χ3n) is 12.5. The van der Waals surface area contributed by atoms with Gasteiger partial charge in [0.15, 0.2) is 17.5 Å². The number of rotatable bonds is 7. The molecule has 1 aliphatic heterocycles. The average Bonchev–Trinajstić information content (AvgIpc) is 4.03. The molecule has 0 spiro atoms. The number of benzene rings is 7. The van der Waals surface area contributed by atoms with E-state index in [0.717, 1.165) is 72.2 Å². The van der Waals surface area contributed by atoms with E-state index in [1.165, 1.54) is 31.3 Å². The van der Waals surface area contributed by atoms with Crippen LogP contribution in [0.3, 0.4) is 0 Å². The zero-order valence-electron chi connectivity index (χ0n) is 34.6. The van der Waals surface area contributed by atoms with Gasteiger partial charge in [-0.15, -0.1) is 11.3 Å². The zero-order valence-corrected chi connectivity index (χ0v) is 35.4. The molecule has 3 aromatic heterocycles. The number of furan rings is 1. The van der Waals surface area contributed by atoms with Gasteiger partial charge in [0, 0.05) is 53.2 Å². The molecule has 2 aliphatic rings. The van der Waals surface area contributed by atoms with Crippen LogP contribution in [-0.4, -0.2) is 21.1 Å². The maximum absolute atomic E-state index is 6.75. The average molecular weight is 830 g/mol. The Bertz CT molecular complexity index is 3590. The lowest BCUT2D eigenvalue weighted by atomic mass is 9.83. The molecule has 0 N–H and O–H groups in total. The normalized spacial score (nSPS) is 16.1. The van der Waals surface area contributed by atoms with Gasteiger partial charge in [-0.3, -0.25) is 0 Å². The van der Waals surface area contributed by atoms with E-state index in [-0.39, 0.29) is 12.0 Å². The lowest BCUT2D eigenvalue weighted by Gasteiger charge is -2.22. The van der Waals surface area contributed by atoms with Crippen LogP contribution in [0.1, 0.15) is 42.3 Å². The molecule has 63 heavy (non-hydrogen) atoms. The highest BCUT2D eigenvalue weighted by Gasteiger charge is 2.39. The van der Waals surface area contributed by atoms with E-state index in [4.69, 9.17) is 24.1 Å². The predicted octanol–water partition coefficient (Wildman–Crippen LogP) is 15.1. The van der Waals surface area contributed by atoms with Crippen LogP contribution in [0, 0.1) is 0 Å². The van der Waals surface area contributed by atoms with Gasteiger partial charge in [-0.25, -0.2) is 15.0 Å². The summed E-state index contributed by atoms with van der Waals surface area (Å²) >= 11 is 1.81. The zero-order chi connectivity index (χ0) is 42.0. The molecule has 0 fully saturated rings. The van der Waals surface area contributed by atoms with E-state index < -0.39 is 0 Å². The first-order valence-electron chi connectivity index (χ1n) is 21.3. The molecule has 4 heterocycles. The van der Waals surface area contributed by atoms with Gasteiger partial charge >= 0.3 is 0 Å². The van der Waals surface area contributed by atoms with Crippen molar-refractivity contribution in [2.24, 2.45) is 0 Å². The fraction of sp³-hybridized carbons (Fsp3) is 0.0702. The largest absolute Gasteiger partial charge is 0.485 e. The molecule has 2 unspecified atom stereocenters. The quantitative estimate of drug-likeness (QED) is 0.150. The van der Waals surface area contributed by atoms with Crippen LogP contribution < -0.4 is 4.74 Å². The van der Waals surface area contributed by atoms with Crippen LogP contribution in [0.15, 0.2) is 193 Å². The van der Waals surface area contributed by atoms with Gasteiger partial charge in [-0.05, 0) is 108 Å². The lowest BCUT2D eigenvalue weighted by molar-refractivity contribution is 0.271. The SMILES string of the molecule is C/C(=C\C=C(/C)c1cccc(-c2nc(C3=CC=CC4Oc5cc(-c6ccc7c(c6)oc6ccccc67)ccc5C34)nc(-c3ccc4sc5ccccc5c4c3)n2)c1)c1ccccc1. The number of hydrogen-bond donors (Lipinski definition) is 0. The Balaban J connectivity index is 0.945. The summed E-state index contributed by atoms with van der Waals surface area (Å²) in [5, 5.41) is 4.67. The number of thiophene rings is 1. The summed E-state index contributed by atoms with van der Waals surface area (Å²) in [4.78, 5) is 15.8. The van der Waals surface area contributed by atoms with Crippen molar-refractivity contribution in [3.05, 3.63) is 211 Å². The minimum absolute atomic E-state index is 0.0977. The maximum atomic E-state index is 6.75. The second-order valence-electron chi connectivity index (χ2n) is 16.4. The first kappa shape index (κ1) is 37.1. The van der Waals surface area contributed by atoms with Crippen LogP contribution in [0.5, 0.6) is 5.75 Å². The van der Waals surface area contributed by atoms with Crippen LogP contribution in [0.4, 0.5) is 0 Å². The van der Waals surface area contributed by atoms with Gasteiger partial charge < -0.3 is 9.15 Å². The number of allylic oxidation sites excluding steroid dienone is 6. The van der Waals surface area contributed by atoms with Crippen LogP contribution in [-0.2, 0) is 0 Å². The Kier molecular flexibility index (Phi) is 8.87. The van der Waals surface area contributed by atoms with Gasteiger partial charge in [0.05, 0.1) is 5.92 Å². The molecule has 10 aromatic rings. The Morgan fingerprint density at radius 1 is 0.524 bits per heavy atom. The Hall–Kier alpha value is -7.67. The minimum atomic E-state index is -0.200. The summed E-state index contributed by atoms with van der Waals surface area (Å²) in [6.07, 6.45) is 10.5. The van der Waals surface area contributed by atoms with Crippen molar-refractivity contribution in [3.63, 3.8) is 0 Å². The maximum Gasteiger partial charge on any atom is 0.164 e. The molecule has 1 aliphatic carbocycles. The van der Waals surface area contributed by atoms with Gasteiger partial charge in [0.25, 0.3) is 0 Å². The summed E-state index contributed by atoms with van der Waals surface area (Å²) in [5.74, 6) is 2.66. The minimum Gasteiger partial charge on any atom is -0.485 e. The molecular weight excluding hydrogens is 791 g/mol. The predicted molar refractivity (Wildman–Crippen MR) is 261 cm³/mol. The molecule has 7 aromatic carbocycles. The van der Waals surface area contributed by atoms with Gasteiger partial charge in [0.2, 0.25) is 0 Å². The number of fused-ring (bicyclic) bond motifs is 9. The molecule has 0 saturated carbocycles. The second kappa shape index (κ2) is 15.0. The Morgan fingerprint density at radius 2 is 1.19 bits per heavy atom. The third kappa shape index (κ3) is 6.58. The lowest BCUT2D eigenvalue weighted by Crippen LogP contribution is -2.20. The van der Waals surface area contributed by atoms with E-state index in [1.807, 2.05) is 24.3 Å². The number of hydrogen-bond acceptors (Lipinski definition) is 6. The van der Waals surface area contributed by atoms with E-state index in [9.17, 15) is 0 Å². The van der Waals surface area contributed by atoms with Crippen molar-refractivity contribution in [2.75, 3.05) is 0 Å². The summed E-state index contributed by atoms with van der Waals surface area (Å²) in [6, 6.07) is 55.3. The van der Waals surface area contributed by atoms with Crippen molar-refractivity contribution < 1.29 is 9.15 Å². The Morgan fingerprint density at radius 3 is 2.06 bits per heavy atom. The molecule has 12 rings (SSSR count). The monoisotopic (exact) mass is 829 g/mol. The third-order valence-corrected chi connectivity index (χ3v) is 13.6. The summed E-state index contributed by atoms with van der Waals surface area (Å²) in [6.45, 7) is 4.30. The molecule has 0 amide bonds. The molecule has 0 radical (unpaired) electrons. The van der Waals surface area contributed by atoms with Crippen molar-refractivity contribution >= 4 is 70.2 Å². The summed E-state index contributed by atoms with van der Waals surface area (Å²) < 4.78 is 15.5. The first-order valence-corrected chi connectivity index (χ1v) is 22.1. The van der Waals surface area contributed by atoms with Crippen molar-refractivity contribution in [1.82, 2.24) is 15.0 Å². The summed E-state index contributed by atoms with van der Waals surface area (Å²) in [5.41, 5.74) is 12.6. The van der Waals surface area contributed by atoms with Gasteiger partial charge in [-0.1, -0.05) is 127 Å². The molecule has 0 saturated heterocycles. The van der Waals surface area contributed by atoms with E-state index >= 15 is 0 Å². The smallest absolute Gasteiger partial charge is 0.164 e. The summed E-state index contributed by atoms with van der Waals surface area (Å²) in [7, 11) is 0. The van der Waals surface area contributed by atoms with Crippen molar-refractivity contribution in [3.8, 4) is 39.7 Å². The topological polar surface area (TPSA) is 61.0 Å². The van der Waals surface area contributed by atoms with E-state index in [2.05, 4.69) is 178 Å². The number of aromatic nitrogens is 3.